The summed E-state index contributed by atoms with van der Waals surface area (Å²) in [5, 5.41) is 3.61. The normalized spacial score (nSPS) is 25.4. The second kappa shape index (κ2) is 4.88. The number of anilines is 1. The third kappa shape index (κ3) is 2.38. The number of nitrogens with one attached hydrogen (secondary N) is 1. The van der Waals surface area contributed by atoms with Crippen molar-refractivity contribution >= 4 is 5.69 Å². The van der Waals surface area contributed by atoms with Crippen molar-refractivity contribution in [2.75, 3.05) is 5.32 Å². The molecule has 2 heteroatoms. The summed E-state index contributed by atoms with van der Waals surface area (Å²) in [6, 6.07) is 7.19. The molecule has 1 aromatic rings. The zero-order valence-corrected chi connectivity index (χ0v) is 10.3. The van der Waals surface area contributed by atoms with Crippen LogP contribution in [0, 0.1) is 13.8 Å². The lowest BCUT2D eigenvalue weighted by atomic mass is 9.90. The molecule has 1 saturated carbocycles. The average molecular weight is 218 g/mol. The maximum atomic E-state index is 6.15. The number of nitrogens with two attached hydrogens (primary N) is 1. The van der Waals surface area contributed by atoms with Crippen LogP contribution in [-0.4, -0.2) is 12.1 Å². The molecule has 0 amide bonds. The van der Waals surface area contributed by atoms with Crippen LogP contribution in [-0.2, 0) is 0 Å². The zero-order chi connectivity index (χ0) is 11.5. The summed E-state index contributed by atoms with van der Waals surface area (Å²) >= 11 is 0. The first-order valence-corrected chi connectivity index (χ1v) is 6.27. The van der Waals surface area contributed by atoms with Crippen LogP contribution in [0.1, 0.15) is 36.8 Å². The number of hydrogen-bond donors (Lipinski definition) is 2. The Hall–Kier alpha value is -1.02. The molecule has 16 heavy (non-hydrogen) atoms. The lowest BCUT2D eigenvalue weighted by Crippen LogP contribution is -2.42. The number of benzene rings is 1. The Morgan fingerprint density at radius 1 is 1.19 bits per heavy atom. The molecule has 0 unspecified atom stereocenters. The molecule has 0 saturated heterocycles. The molecule has 88 valence electrons. The molecule has 1 aliphatic carbocycles. The Morgan fingerprint density at radius 3 is 2.69 bits per heavy atom. The summed E-state index contributed by atoms with van der Waals surface area (Å²) < 4.78 is 0. The van der Waals surface area contributed by atoms with E-state index in [1.54, 1.807) is 0 Å². The standard InChI is InChI=1S/C14H22N2/c1-10-6-5-9-13(11(10)2)16-14-8-4-3-7-12(14)15/h5-6,9,12,14,16H,3-4,7-8,15H2,1-2H3/t12-,14-/m1/s1. The molecular formula is C14H22N2. The highest BCUT2D eigenvalue weighted by Crippen LogP contribution is 2.24. The van der Waals surface area contributed by atoms with Gasteiger partial charge in [0, 0.05) is 17.8 Å². The first-order valence-electron chi connectivity index (χ1n) is 6.27. The molecule has 2 rings (SSSR count). The van der Waals surface area contributed by atoms with Gasteiger partial charge in [-0.3, -0.25) is 0 Å². The van der Waals surface area contributed by atoms with E-state index in [1.165, 1.54) is 36.1 Å². The van der Waals surface area contributed by atoms with Gasteiger partial charge < -0.3 is 11.1 Å². The van der Waals surface area contributed by atoms with Gasteiger partial charge in [-0.05, 0) is 43.9 Å². The Labute approximate surface area is 98.2 Å². The first kappa shape index (κ1) is 11.5. The van der Waals surface area contributed by atoms with Crippen LogP contribution in [0.2, 0.25) is 0 Å². The summed E-state index contributed by atoms with van der Waals surface area (Å²) in [5.41, 5.74) is 10.1. The van der Waals surface area contributed by atoms with Crippen molar-refractivity contribution < 1.29 is 0 Å². The second-order valence-corrected chi connectivity index (χ2v) is 4.95. The number of rotatable bonds is 2. The van der Waals surface area contributed by atoms with Crippen molar-refractivity contribution in [1.82, 2.24) is 0 Å². The van der Waals surface area contributed by atoms with E-state index in [0.717, 1.165) is 6.42 Å². The van der Waals surface area contributed by atoms with Gasteiger partial charge in [0.05, 0.1) is 0 Å². The predicted molar refractivity (Wildman–Crippen MR) is 69.8 cm³/mol. The molecule has 1 aromatic carbocycles. The van der Waals surface area contributed by atoms with Crippen LogP contribution < -0.4 is 11.1 Å². The largest absolute Gasteiger partial charge is 0.381 e. The molecule has 0 heterocycles. The summed E-state index contributed by atoms with van der Waals surface area (Å²) in [7, 11) is 0. The van der Waals surface area contributed by atoms with E-state index in [4.69, 9.17) is 5.73 Å². The molecule has 1 aliphatic rings. The highest BCUT2D eigenvalue weighted by molar-refractivity contribution is 5.54. The number of aryl methyl sites for hydroxylation is 1. The SMILES string of the molecule is Cc1cccc(N[C@@H]2CCCC[C@H]2N)c1C. The van der Waals surface area contributed by atoms with E-state index in [-0.39, 0.29) is 0 Å². The number of hydrogen-bond acceptors (Lipinski definition) is 2. The summed E-state index contributed by atoms with van der Waals surface area (Å²) in [6.45, 7) is 4.33. The van der Waals surface area contributed by atoms with Gasteiger partial charge in [0.25, 0.3) is 0 Å². The highest BCUT2D eigenvalue weighted by Gasteiger charge is 2.21. The molecular weight excluding hydrogens is 196 g/mol. The van der Waals surface area contributed by atoms with Crippen LogP contribution in [0.3, 0.4) is 0 Å². The molecule has 0 bridgehead atoms. The lowest BCUT2D eigenvalue weighted by Gasteiger charge is -2.30. The highest BCUT2D eigenvalue weighted by atomic mass is 15.0. The van der Waals surface area contributed by atoms with Crippen LogP contribution >= 0.6 is 0 Å². The van der Waals surface area contributed by atoms with Gasteiger partial charge in [0.15, 0.2) is 0 Å². The van der Waals surface area contributed by atoms with Crippen molar-refractivity contribution in [3.8, 4) is 0 Å². The molecule has 0 radical (unpaired) electrons. The Morgan fingerprint density at radius 2 is 1.94 bits per heavy atom. The third-order valence-corrected chi connectivity index (χ3v) is 3.76. The van der Waals surface area contributed by atoms with Crippen LogP contribution in [0.4, 0.5) is 5.69 Å². The maximum Gasteiger partial charge on any atom is 0.0412 e. The molecule has 3 N–H and O–H groups in total. The second-order valence-electron chi connectivity index (χ2n) is 4.95. The van der Waals surface area contributed by atoms with Gasteiger partial charge in [-0.1, -0.05) is 25.0 Å². The molecule has 2 atom stereocenters. The van der Waals surface area contributed by atoms with E-state index < -0.39 is 0 Å². The van der Waals surface area contributed by atoms with Gasteiger partial charge in [-0.2, -0.15) is 0 Å². The van der Waals surface area contributed by atoms with E-state index in [1.807, 2.05) is 0 Å². The Balaban J connectivity index is 2.10. The molecule has 2 nitrogen and oxygen atoms in total. The van der Waals surface area contributed by atoms with Gasteiger partial charge in [-0.15, -0.1) is 0 Å². The molecule has 0 spiro atoms. The van der Waals surface area contributed by atoms with Crippen molar-refractivity contribution in [1.29, 1.82) is 0 Å². The van der Waals surface area contributed by atoms with E-state index in [9.17, 15) is 0 Å². The predicted octanol–water partition coefficient (Wildman–Crippen LogP) is 2.99. The zero-order valence-electron chi connectivity index (χ0n) is 10.3. The van der Waals surface area contributed by atoms with E-state index in [2.05, 4.69) is 37.4 Å². The molecule has 0 aromatic heterocycles. The fraction of sp³-hybridized carbons (Fsp3) is 0.571. The van der Waals surface area contributed by atoms with Gasteiger partial charge in [0.2, 0.25) is 0 Å². The van der Waals surface area contributed by atoms with E-state index in [0.29, 0.717) is 12.1 Å². The fourth-order valence-electron chi connectivity index (χ4n) is 2.45. The van der Waals surface area contributed by atoms with Crippen molar-refractivity contribution in [3.05, 3.63) is 29.3 Å². The minimum atomic E-state index is 0.314. The summed E-state index contributed by atoms with van der Waals surface area (Å²) in [5.74, 6) is 0. The third-order valence-electron chi connectivity index (χ3n) is 3.76. The van der Waals surface area contributed by atoms with Gasteiger partial charge in [-0.25, -0.2) is 0 Å². The fourth-order valence-corrected chi connectivity index (χ4v) is 2.45. The van der Waals surface area contributed by atoms with E-state index >= 15 is 0 Å². The van der Waals surface area contributed by atoms with Crippen LogP contribution in [0.15, 0.2) is 18.2 Å². The van der Waals surface area contributed by atoms with Crippen LogP contribution in [0.5, 0.6) is 0 Å². The van der Waals surface area contributed by atoms with Crippen LogP contribution in [0.25, 0.3) is 0 Å². The maximum absolute atomic E-state index is 6.15. The Kier molecular flexibility index (Phi) is 3.49. The molecule has 0 aliphatic heterocycles. The Bertz CT molecular complexity index is 360. The van der Waals surface area contributed by atoms with Gasteiger partial charge >= 0.3 is 0 Å². The topological polar surface area (TPSA) is 38.0 Å². The smallest absolute Gasteiger partial charge is 0.0412 e. The summed E-state index contributed by atoms with van der Waals surface area (Å²) in [4.78, 5) is 0. The van der Waals surface area contributed by atoms with Gasteiger partial charge in [0.1, 0.15) is 0 Å². The molecule has 1 fully saturated rings. The minimum absolute atomic E-state index is 0.314. The van der Waals surface area contributed by atoms with Crippen molar-refractivity contribution in [2.45, 2.75) is 51.6 Å². The monoisotopic (exact) mass is 218 g/mol. The quantitative estimate of drug-likeness (QED) is 0.801. The average Bonchev–Trinajstić information content (AvgIpc) is 2.28. The van der Waals surface area contributed by atoms with Crippen molar-refractivity contribution in [3.63, 3.8) is 0 Å². The lowest BCUT2D eigenvalue weighted by molar-refractivity contribution is 0.404. The van der Waals surface area contributed by atoms with Crippen molar-refractivity contribution in [2.24, 2.45) is 5.73 Å². The first-order chi connectivity index (χ1) is 7.68. The summed E-state index contributed by atoms with van der Waals surface area (Å²) in [6.07, 6.45) is 4.94. The minimum Gasteiger partial charge on any atom is -0.381 e.